The van der Waals surface area contributed by atoms with Gasteiger partial charge in [-0.05, 0) is 32.6 Å². The number of guanidine groups is 1. The molecule has 0 radical (unpaired) electrons. The smallest absolute Gasteiger partial charge is 0.224 e. The maximum absolute atomic E-state index is 12.1. The predicted octanol–water partition coefficient (Wildman–Crippen LogP) is 2.91. The van der Waals surface area contributed by atoms with Gasteiger partial charge < -0.3 is 20.3 Å². The van der Waals surface area contributed by atoms with Crippen molar-refractivity contribution < 1.29 is 9.53 Å². The number of carbonyl (C=O) groups excluding carboxylic acids is 1. The Morgan fingerprint density at radius 3 is 2.42 bits per heavy atom. The third-order valence-corrected chi connectivity index (χ3v) is 4.95. The van der Waals surface area contributed by atoms with E-state index >= 15 is 0 Å². The van der Waals surface area contributed by atoms with E-state index in [4.69, 9.17) is 4.74 Å². The molecule has 2 aliphatic rings. The molecule has 0 spiro atoms. The summed E-state index contributed by atoms with van der Waals surface area (Å²) in [6.07, 6.45) is 10.9. The number of halogens is 1. The molecule has 152 valence electrons. The zero-order valence-electron chi connectivity index (χ0n) is 16.3. The molecule has 1 amide bonds. The average Bonchev–Trinajstić information content (AvgIpc) is 3.03. The fourth-order valence-electron chi connectivity index (χ4n) is 3.54. The van der Waals surface area contributed by atoms with Crippen LogP contribution in [0.2, 0.25) is 0 Å². The molecule has 2 N–H and O–H groups in total. The molecule has 1 aliphatic heterocycles. The molecular formula is C19H37IN4O2. The molecule has 6 nitrogen and oxygen atoms in total. The van der Waals surface area contributed by atoms with Gasteiger partial charge in [0.2, 0.25) is 5.91 Å². The second kappa shape index (κ2) is 14.5. The SMILES string of the molecule is CCNC(=NCCOC1CCCCCC1)NCCC(=O)N1CCCC1.I. The lowest BCUT2D eigenvalue weighted by Crippen LogP contribution is -2.40. The zero-order valence-corrected chi connectivity index (χ0v) is 18.6. The van der Waals surface area contributed by atoms with Crippen molar-refractivity contribution in [1.82, 2.24) is 15.5 Å². The Hall–Kier alpha value is -0.570. The number of aliphatic imine (C=N–C) groups is 1. The Morgan fingerprint density at radius 1 is 1.08 bits per heavy atom. The molecule has 2 rings (SSSR count). The van der Waals surface area contributed by atoms with Gasteiger partial charge in [0.05, 0.1) is 19.3 Å². The van der Waals surface area contributed by atoms with Crippen LogP contribution in [0.15, 0.2) is 4.99 Å². The van der Waals surface area contributed by atoms with Gasteiger partial charge in [0.15, 0.2) is 5.96 Å². The summed E-state index contributed by atoms with van der Waals surface area (Å²) >= 11 is 0. The molecule has 0 aromatic heterocycles. The summed E-state index contributed by atoms with van der Waals surface area (Å²) in [5, 5.41) is 6.49. The van der Waals surface area contributed by atoms with Crippen molar-refractivity contribution in [1.29, 1.82) is 0 Å². The van der Waals surface area contributed by atoms with Crippen LogP contribution in [0.4, 0.5) is 0 Å². The Kier molecular flexibility index (Phi) is 13.1. The van der Waals surface area contributed by atoms with E-state index in [1.165, 1.54) is 38.5 Å². The fourth-order valence-corrected chi connectivity index (χ4v) is 3.54. The monoisotopic (exact) mass is 480 g/mol. The molecule has 0 aromatic rings. The van der Waals surface area contributed by atoms with Crippen molar-refractivity contribution in [3.8, 4) is 0 Å². The van der Waals surface area contributed by atoms with Crippen LogP contribution in [0, 0.1) is 0 Å². The van der Waals surface area contributed by atoms with Gasteiger partial charge in [-0.2, -0.15) is 0 Å². The quantitative estimate of drug-likeness (QED) is 0.184. The van der Waals surface area contributed by atoms with E-state index in [2.05, 4.69) is 22.5 Å². The number of hydrogen-bond donors (Lipinski definition) is 2. The van der Waals surface area contributed by atoms with Crippen LogP contribution in [0.25, 0.3) is 0 Å². The maximum Gasteiger partial charge on any atom is 0.224 e. The topological polar surface area (TPSA) is 66.0 Å². The van der Waals surface area contributed by atoms with Gasteiger partial charge in [-0.1, -0.05) is 25.7 Å². The third-order valence-electron chi connectivity index (χ3n) is 4.95. The van der Waals surface area contributed by atoms with Gasteiger partial charge in [-0.3, -0.25) is 9.79 Å². The van der Waals surface area contributed by atoms with E-state index in [-0.39, 0.29) is 29.9 Å². The van der Waals surface area contributed by atoms with Crippen LogP contribution in [0.3, 0.4) is 0 Å². The largest absolute Gasteiger partial charge is 0.376 e. The normalized spacial score (nSPS) is 19.0. The minimum absolute atomic E-state index is 0. The molecule has 2 fully saturated rings. The highest BCUT2D eigenvalue weighted by molar-refractivity contribution is 14.0. The molecule has 1 aliphatic carbocycles. The van der Waals surface area contributed by atoms with E-state index < -0.39 is 0 Å². The Balaban J connectivity index is 0.00000338. The third kappa shape index (κ3) is 9.39. The van der Waals surface area contributed by atoms with Crippen molar-refractivity contribution in [2.45, 2.75) is 70.8 Å². The molecule has 1 heterocycles. The van der Waals surface area contributed by atoms with Crippen molar-refractivity contribution in [3.05, 3.63) is 0 Å². The highest BCUT2D eigenvalue weighted by atomic mass is 127. The highest BCUT2D eigenvalue weighted by Gasteiger charge is 2.17. The van der Waals surface area contributed by atoms with Crippen LogP contribution < -0.4 is 10.6 Å². The lowest BCUT2D eigenvalue weighted by Gasteiger charge is -2.17. The summed E-state index contributed by atoms with van der Waals surface area (Å²) in [6, 6.07) is 0. The fraction of sp³-hybridized carbons (Fsp3) is 0.895. The van der Waals surface area contributed by atoms with Crippen LogP contribution in [-0.2, 0) is 9.53 Å². The second-order valence-corrected chi connectivity index (χ2v) is 7.01. The average molecular weight is 480 g/mol. The Bertz CT molecular complexity index is 406. The van der Waals surface area contributed by atoms with Crippen LogP contribution in [0.5, 0.6) is 0 Å². The summed E-state index contributed by atoms with van der Waals surface area (Å²) < 4.78 is 5.98. The molecule has 0 unspecified atom stereocenters. The second-order valence-electron chi connectivity index (χ2n) is 7.01. The Labute approximate surface area is 175 Å². The lowest BCUT2D eigenvalue weighted by atomic mass is 10.1. The number of likely N-dealkylation sites (tertiary alicyclic amines) is 1. The lowest BCUT2D eigenvalue weighted by molar-refractivity contribution is -0.129. The van der Waals surface area contributed by atoms with Gasteiger partial charge in [0.25, 0.3) is 0 Å². The van der Waals surface area contributed by atoms with Crippen molar-refractivity contribution >= 4 is 35.8 Å². The predicted molar refractivity (Wildman–Crippen MR) is 117 cm³/mol. The first-order valence-electron chi connectivity index (χ1n) is 10.2. The van der Waals surface area contributed by atoms with Crippen molar-refractivity contribution in [2.24, 2.45) is 4.99 Å². The van der Waals surface area contributed by atoms with Gasteiger partial charge in [0, 0.05) is 32.6 Å². The van der Waals surface area contributed by atoms with Crippen LogP contribution >= 0.6 is 24.0 Å². The van der Waals surface area contributed by atoms with Crippen molar-refractivity contribution in [3.63, 3.8) is 0 Å². The number of hydrogen-bond acceptors (Lipinski definition) is 3. The van der Waals surface area contributed by atoms with Gasteiger partial charge in [-0.25, -0.2) is 0 Å². The molecule has 0 bridgehead atoms. The number of ether oxygens (including phenoxy) is 1. The van der Waals surface area contributed by atoms with E-state index in [9.17, 15) is 4.79 Å². The number of rotatable bonds is 8. The van der Waals surface area contributed by atoms with Crippen LogP contribution in [-0.4, -0.2) is 62.2 Å². The molecule has 0 atom stereocenters. The number of nitrogens with one attached hydrogen (secondary N) is 2. The van der Waals surface area contributed by atoms with Gasteiger partial charge >= 0.3 is 0 Å². The summed E-state index contributed by atoms with van der Waals surface area (Å²) in [7, 11) is 0. The summed E-state index contributed by atoms with van der Waals surface area (Å²) in [6.45, 7) is 6.67. The van der Waals surface area contributed by atoms with Crippen LogP contribution in [0.1, 0.15) is 64.7 Å². The first-order valence-corrected chi connectivity index (χ1v) is 10.2. The standard InChI is InChI=1S/C19H36N4O2.HI/c1-2-20-19(21-12-11-18(24)23-14-7-8-15-23)22-13-16-25-17-9-5-3-4-6-10-17;/h17H,2-16H2,1H3,(H2,20,21,22);1H. The van der Waals surface area contributed by atoms with Gasteiger partial charge in [-0.15, -0.1) is 24.0 Å². The zero-order chi connectivity index (χ0) is 17.7. The summed E-state index contributed by atoms with van der Waals surface area (Å²) in [5.74, 6) is 1.03. The first kappa shape index (κ1) is 23.5. The summed E-state index contributed by atoms with van der Waals surface area (Å²) in [4.78, 5) is 18.6. The molecule has 1 saturated carbocycles. The van der Waals surface area contributed by atoms with E-state index in [1.54, 1.807) is 0 Å². The van der Waals surface area contributed by atoms with E-state index in [0.29, 0.717) is 32.2 Å². The first-order chi connectivity index (χ1) is 12.3. The molecule has 7 heteroatoms. The molecule has 1 saturated heterocycles. The van der Waals surface area contributed by atoms with Gasteiger partial charge in [0.1, 0.15) is 0 Å². The minimum atomic E-state index is 0. The number of amides is 1. The number of nitrogens with zero attached hydrogens (tertiary/aromatic N) is 2. The summed E-state index contributed by atoms with van der Waals surface area (Å²) in [5.41, 5.74) is 0. The van der Waals surface area contributed by atoms with E-state index in [0.717, 1.165) is 38.4 Å². The molecular weight excluding hydrogens is 443 g/mol. The van der Waals surface area contributed by atoms with Crippen molar-refractivity contribution in [2.75, 3.05) is 39.3 Å². The molecule has 26 heavy (non-hydrogen) atoms. The molecule has 0 aromatic carbocycles. The Morgan fingerprint density at radius 2 is 1.77 bits per heavy atom. The maximum atomic E-state index is 12.1. The highest BCUT2D eigenvalue weighted by Crippen LogP contribution is 2.19. The van der Waals surface area contributed by atoms with E-state index in [1.807, 2.05) is 4.90 Å². The minimum Gasteiger partial charge on any atom is -0.376 e. The number of carbonyl (C=O) groups is 1.